The lowest BCUT2D eigenvalue weighted by molar-refractivity contribution is -0.155. The van der Waals surface area contributed by atoms with E-state index in [4.69, 9.17) is 9.47 Å². The summed E-state index contributed by atoms with van der Waals surface area (Å²) in [7, 11) is 0. The van der Waals surface area contributed by atoms with Crippen LogP contribution in [0.3, 0.4) is 0 Å². The molecule has 2 aliphatic heterocycles. The first kappa shape index (κ1) is 22.5. The summed E-state index contributed by atoms with van der Waals surface area (Å²) in [5, 5.41) is 2.95. The van der Waals surface area contributed by atoms with Crippen molar-refractivity contribution in [2.24, 2.45) is 5.92 Å². The van der Waals surface area contributed by atoms with Crippen molar-refractivity contribution in [2.45, 2.75) is 38.8 Å². The molecule has 1 aromatic carbocycles. The molecule has 0 aliphatic carbocycles. The van der Waals surface area contributed by atoms with Crippen molar-refractivity contribution in [2.75, 3.05) is 45.9 Å². The fourth-order valence-electron chi connectivity index (χ4n) is 3.79. The number of carbonyl (C=O) groups is 2. The van der Waals surface area contributed by atoms with Gasteiger partial charge in [0.1, 0.15) is 30.9 Å². The number of benzene rings is 1. The van der Waals surface area contributed by atoms with Crippen LogP contribution in [0.25, 0.3) is 0 Å². The van der Waals surface area contributed by atoms with E-state index < -0.39 is 0 Å². The second-order valence-corrected chi connectivity index (χ2v) is 8.45. The number of hydrogen-bond acceptors (Lipinski definition) is 5. The van der Waals surface area contributed by atoms with Crippen LogP contribution in [0.4, 0.5) is 4.39 Å². The number of rotatable bonds is 8. The minimum Gasteiger partial charge on any atom is -0.491 e. The molecule has 2 saturated heterocycles. The highest BCUT2D eigenvalue weighted by atomic mass is 19.1. The van der Waals surface area contributed by atoms with Crippen molar-refractivity contribution >= 4 is 11.8 Å². The van der Waals surface area contributed by atoms with Gasteiger partial charge in [0.2, 0.25) is 11.8 Å². The Morgan fingerprint density at radius 2 is 1.97 bits per heavy atom. The molecule has 0 unspecified atom stereocenters. The molecule has 0 bridgehead atoms. The quantitative estimate of drug-likeness (QED) is 0.692. The molecule has 1 N–H and O–H groups in total. The molecule has 0 spiro atoms. The SMILES string of the molecule is CC(C)CNC(=O)CN1CCC(N2C[C@H](COc3ccc(F)cc3)OCC2=O)CC1. The molecule has 1 aromatic rings. The third-order valence-corrected chi connectivity index (χ3v) is 5.49. The Bertz CT molecular complexity index is 705. The van der Waals surface area contributed by atoms with Gasteiger partial charge in [0, 0.05) is 25.7 Å². The number of nitrogens with zero attached hydrogens (tertiary/aromatic N) is 2. The minimum absolute atomic E-state index is 0.00107. The summed E-state index contributed by atoms with van der Waals surface area (Å²) < 4.78 is 24.3. The van der Waals surface area contributed by atoms with Crippen LogP contribution in [-0.4, -0.2) is 79.7 Å². The summed E-state index contributed by atoms with van der Waals surface area (Å²) in [5.74, 6) is 0.764. The van der Waals surface area contributed by atoms with Gasteiger partial charge >= 0.3 is 0 Å². The van der Waals surface area contributed by atoms with Crippen LogP contribution in [0, 0.1) is 11.7 Å². The number of hydrogen-bond donors (Lipinski definition) is 1. The highest BCUT2D eigenvalue weighted by molar-refractivity contribution is 5.79. The number of nitrogens with one attached hydrogen (secondary N) is 1. The third-order valence-electron chi connectivity index (χ3n) is 5.49. The average Bonchev–Trinajstić information content (AvgIpc) is 2.73. The Hall–Kier alpha value is -2.19. The summed E-state index contributed by atoms with van der Waals surface area (Å²) in [6.07, 6.45) is 1.47. The van der Waals surface area contributed by atoms with E-state index in [9.17, 15) is 14.0 Å². The molecule has 1 atom stereocenters. The molecule has 7 nitrogen and oxygen atoms in total. The van der Waals surface area contributed by atoms with Crippen molar-refractivity contribution < 1.29 is 23.5 Å². The summed E-state index contributed by atoms with van der Waals surface area (Å²) in [6.45, 7) is 7.68. The number of morpholine rings is 1. The van der Waals surface area contributed by atoms with Gasteiger partial charge in [-0.15, -0.1) is 0 Å². The van der Waals surface area contributed by atoms with Crippen LogP contribution < -0.4 is 10.1 Å². The van der Waals surface area contributed by atoms with Crippen molar-refractivity contribution in [1.29, 1.82) is 0 Å². The first-order chi connectivity index (χ1) is 14.4. The molecule has 166 valence electrons. The zero-order valence-corrected chi connectivity index (χ0v) is 17.8. The summed E-state index contributed by atoms with van der Waals surface area (Å²) in [4.78, 5) is 28.5. The van der Waals surface area contributed by atoms with Crippen LogP contribution in [0.2, 0.25) is 0 Å². The highest BCUT2D eigenvalue weighted by Gasteiger charge is 2.34. The van der Waals surface area contributed by atoms with E-state index in [0.717, 1.165) is 25.9 Å². The van der Waals surface area contributed by atoms with Crippen LogP contribution >= 0.6 is 0 Å². The molecule has 0 aromatic heterocycles. The van der Waals surface area contributed by atoms with E-state index in [1.54, 1.807) is 12.1 Å². The van der Waals surface area contributed by atoms with Crippen LogP contribution in [-0.2, 0) is 14.3 Å². The largest absolute Gasteiger partial charge is 0.491 e. The van der Waals surface area contributed by atoms with E-state index >= 15 is 0 Å². The fourth-order valence-corrected chi connectivity index (χ4v) is 3.79. The van der Waals surface area contributed by atoms with Gasteiger partial charge in [0.25, 0.3) is 0 Å². The van der Waals surface area contributed by atoms with Crippen molar-refractivity contribution in [3.8, 4) is 5.75 Å². The average molecular weight is 422 g/mol. The van der Waals surface area contributed by atoms with Crippen molar-refractivity contribution in [3.05, 3.63) is 30.1 Å². The number of piperidine rings is 1. The minimum atomic E-state index is -0.309. The maximum absolute atomic E-state index is 13.0. The van der Waals surface area contributed by atoms with E-state index in [1.807, 2.05) is 4.90 Å². The lowest BCUT2D eigenvalue weighted by Gasteiger charge is -2.42. The van der Waals surface area contributed by atoms with E-state index in [2.05, 4.69) is 24.1 Å². The molecular formula is C22H32FN3O4. The molecule has 0 saturated carbocycles. The summed E-state index contributed by atoms with van der Waals surface area (Å²) in [6, 6.07) is 6.01. The molecule has 2 amide bonds. The van der Waals surface area contributed by atoms with Gasteiger partial charge in [-0.05, 0) is 43.0 Å². The molecular weight excluding hydrogens is 389 g/mol. The molecule has 2 fully saturated rings. The van der Waals surface area contributed by atoms with Crippen LogP contribution in [0.15, 0.2) is 24.3 Å². The van der Waals surface area contributed by atoms with Crippen molar-refractivity contribution in [1.82, 2.24) is 15.1 Å². The molecule has 3 rings (SSSR count). The Morgan fingerprint density at radius 3 is 2.63 bits per heavy atom. The second kappa shape index (κ2) is 10.7. The topological polar surface area (TPSA) is 71.1 Å². The fraction of sp³-hybridized carbons (Fsp3) is 0.636. The number of amides is 2. The van der Waals surface area contributed by atoms with Gasteiger partial charge in [-0.1, -0.05) is 13.8 Å². The normalized spacial score (nSPS) is 21.1. The van der Waals surface area contributed by atoms with Crippen LogP contribution in [0.1, 0.15) is 26.7 Å². The standard InChI is InChI=1S/C22H32FN3O4/c1-16(2)11-24-21(27)13-25-9-7-18(8-10-25)26-12-20(30-15-22(26)28)14-29-19-5-3-17(23)4-6-19/h3-6,16,18,20H,7-15H2,1-2H3,(H,24,27)/t20-/m1/s1. The van der Waals surface area contributed by atoms with Crippen LogP contribution in [0.5, 0.6) is 5.75 Å². The lowest BCUT2D eigenvalue weighted by atomic mass is 10.0. The number of likely N-dealkylation sites (tertiary alicyclic amines) is 1. The summed E-state index contributed by atoms with van der Waals surface area (Å²) in [5.41, 5.74) is 0. The Morgan fingerprint density at radius 1 is 1.27 bits per heavy atom. The Kier molecular flexibility index (Phi) is 8.04. The number of halogens is 1. The predicted octanol–water partition coefficient (Wildman–Crippen LogP) is 1.67. The molecule has 30 heavy (non-hydrogen) atoms. The van der Waals surface area contributed by atoms with Gasteiger partial charge in [-0.3, -0.25) is 14.5 Å². The lowest BCUT2D eigenvalue weighted by Crippen LogP contribution is -2.56. The molecule has 8 heteroatoms. The highest BCUT2D eigenvalue weighted by Crippen LogP contribution is 2.21. The molecule has 2 heterocycles. The van der Waals surface area contributed by atoms with Gasteiger partial charge in [-0.2, -0.15) is 0 Å². The monoisotopic (exact) mass is 421 g/mol. The van der Waals surface area contributed by atoms with Gasteiger partial charge in [-0.25, -0.2) is 4.39 Å². The third kappa shape index (κ3) is 6.67. The Balaban J connectivity index is 1.43. The predicted molar refractivity (Wildman–Crippen MR) is 111 cm³/mol. The first-order valence-electron chi connectivity index (χ1n) is 10.7. The van der Waals surface area contributed by atoms with E-state index in [1.165, 1.54) is 12.1 Å². The van der Waals surface area contributed by atoms with Gasteiger partial charge in [0.05, 0.1) is 13.1 Å². The van der Waals surface area contributed by atoms with E-state index in [0.29, 0.717) is 37.9 Å². The molecule has 0 radical (unpaired) electrons. The maximum Gasteiger partial charge on any atom is 0.248 e. The van der Waals surface area contributed by atoms with E-state index in [-0.39, 0.29) is 36.4 Å². The van der Waals surface area contributed by atoms with Gasteiger partial charge < -0.3 is 19.7 Å². The zero-order chi connectivity index (χ0) is 21.5. The number of ether oxygens (including phenoxy) is 2. The Labute approximate surface area is 177 Å². The maximum atomic E-state index is 13.0. The zero-order valence-electron chi connectivity index (χ0n) is 17.8. The van der Waals surface area contributed by atoms with Crippen molar-refractivity contribution in [3.63, 3.8) is 0 Å². The first-order valence-corrected chi connectivity index (χ1v) is 10.7. The summed E-state index contributed by atoms with van der Waals surface area (Å²) >= 11 is 0. The number of carbonyl (C=O) groups excluding carboxylic acids is 2. The smallest absolute Gasteiger partial charge is 0.248 e. The van der Waals surface area contributed by atoms with Gasteiger partial charge in [0.15, 0.2) is 0 Å². The second-order valence-electron chi connectivity index (χ2n) is 8.45. The molecule has 2 aliphatic rings.